The highest BCUT2D eigenvalue weighted by molar-refractivity contribution is 5.99. The number of carbonyl (C=O) groups excluding carboxylic acids is 1. The predicted octanol–water partition coefficient (Wildman–Crippen LogP) is 2.17. The topological polar surface area (TPSA) is 54.0 Å². The van der Waals surface area contributed by atoms with E-state index < -0.39 is 0 Å². The summed E-state index contributed by atoms with van der Waals surface area (Å²) in [5.41, 5.74) is 1.46. The number of rotatable bonds is 1. The number of pyridine rings is 1. The van der Waals surface area contributed by atoms with Crippen molar-refractivity contribution in [3.8, 4) is 0 Å². The highest BCUT2D eigenvalue weighted by Gasteiger charge is 2.34. The molecule has 0 radical (unpaired) electrons. The van der Waals surface area contributed by atoms with Crippen LogP contribution in [0.25, 0.3) is 0 Å². The van der Waals surface area contributed by atoms with Crippen LogP contribution < -0.4 is 10.6 Å². The zero-order valence-corrected chi connectivity index (χ0v) is 9.92. The molecule has 0 aliphatic carbocycles. The second-order valence-electron chi connectivity index (χ2n) is 4.63. The van der Waals surface area contributed by atoms with Gasteiger partial charge in [-0.05, 0) is 31.9 Å². The third-order valence-corrected chi connectivity index (χ3v) is 3.25. The van der Waals surface area contributed by atoms with Gasteiger partial charge in [0.15, 0.2) is 0 Å². The molecule has 86 valence electrons. The van der Waals surface area contributed by atoms with Gasteiger partial charge < -0.3 is 10.6 Å². The molecule has 4 nitrogen and oxygen atoms in total. The summed E-state index contributed by atoms with van der Waals surface area (Å²) in [7, 11) is 0. The molecule has 1 unspecified atom stereocenters. The average molecular weight is 219 g/mol. The van der Waals surface area contributed by atoms with Crippen LogP contribution in [0.2, 0.25) is 0 Å². The van der Waals surface area contributed by atoms with Gasteiger partial charge in [-0.25, -0.2) is 4.98 Å². The van der Waals surface area contributed by atoms with E-state index in [-0.39, 0.29) is 11.3 Å². The molecule has 2 N–H and O–H groups in total. The van der Waals surface area contributed by atoms with Crippen LogP contribution in [-0.4, -0.2) is 17.4 Å². The summed E-state index contributed by atoms with van der Waals surface area (Å²) < 4.78 is 0. The lowest BCUT2D eigenvalue weighted by Gasteiger charge is -2.23. The Bertz CT molecular complexity index is 430. The summed E-state index contributed by atoms with van der Waals surface area (Å²) in [6.45, 7) is 6.58. The lowest BCUT2D eigenvalue weighted by atomic mass is 9.87. The van der Waals surface area contributed by atoms with Gasteiger partial charge in [-0.15, -0.1) is 0 Å². The Hall–Kier alpha value is -1.58. The number of amides is 1. The largest absolute Gasteiger partial charge is 0.367 e. The van der Waals surface area contributed by atoms with Gasteiger partial charge in [0.05, 0.1) is 11.1 Å². The summed E-state index contributed by atoms with van der Waals surface area (Å²) in [5, 5.41) is 6.17. The molecule has 16 heavy (non-hydrogen) atoms. The van der Waals surface area contributed by atoms with Crippen molar-refractivity contribution < 1.29 is 4.79 Å². The van der Waals surface area contributed by atoms with Crippen molar-refractivity contribution >= 4 is 17.4 Å². The Morgan fingerprint density at radius 3 is 3.00 bits per heavy atom. The quantitative estimate of drug-likeness (QED) is 0.761. The number of anilines is 2. The molecule has 0 spiro atoms. The van der Waals surface area contributed by atoms with Crippen molar-refractivity contribution in [1.29, 1.82) is 0 Å². The van der Waals surface area contributed by atoms with Crippen molar-refractivity contribution in [2.24, 2.45) is 5.41 Å². The summed E-state index contributed by atoms with van der Waals surface area (Å²) in [6.07, 6.45) is 2.60. The summed E-state index contributed by atoms with van der Waals surface area (Å²) in [6, 6.07) is 1.94. The monoisotopic (exact) mass is 219 g/mol. The van der Waals surface area contributed by atoms with E-state index in [2.05, 4.69) is 15.6 Å². The number of aromatic nitrogens is 1. The number of nitrogens with zero attached hydrogens (tertiary/aromatic N) is 1. The van der Waals surface area contributed by atoms with Crippen LogP contribution in [0.5, 0.6) is 0 Å². The lowest BCUT2D eigenvalue weighted by Crippen LogP contribution is -2.36. The lowest BCUT2D eigenvalue weighted by molar-refractivity contribution is -0.124. The molecule has 0 saturated carbocycles. The van der Waals surface area contributed by atoms with Crippen LogP contribution in [0.15, 0.2) is 12.3 Å². The SMILES string of the molecule is CCC1(C)CNc2ncc(C)cc2NC1=O. The number of hydrogen-bond acceptors (Lipinski definition) is 3. The van der Waals surface area contributed by atoms with E-state index in [0.29, 0.717) is 6.54 Å². The average Bonchev–Trinajstić information content (AvgIpc) is 2.38. The maximum atomic E-state index is 12.1. The van der Waals surface area contributed by atoms with Crippen molar-refractivity contribution in [3.63, 3.8) is 0 Å². The fourth-order valence-electron chi connectivity index (χ4n) is 1.72. The molecule has 2 rings (SSSR count). The third kappa shape index (κ3) is 1.75. The molecule has 0 fully saturated rings. The van der Waals surface area contributed by atoms with Crippen LogP contribution >= 0.6 is 0 Å². The van der Waals surface area contributed by atoms with Gasteiger partial charge in [-0.1, -0.05) is 6.92 Å². The number of aryl methyl sites for hydroxylation is 1. The van der Waals surface area contributed by atoms with Gasteiger partial charge in [0, 0.05) is 12.7 Å². The molecular weight excluding hydrogens is 202 g/mol. The Balaban J connectivity index is 2.37. The third-order valence-electron chi connectivity index (χ3n) is 3.25. The van der Waals surface area contributed by atoms with Gasteiger partial charge in [-0.2, -0.15) is 0 Å². The molecule has 1 aromatic rings. The van der Waals surface area contributed by atoms with Crippen LogP contribution in [0.3, 0.4) is 0 Å². The molecule has 1 amide bonds. The van der Waals surface area contributed by atoms with E-state index in [1.165, 1.54) is 0 Å². The minimum absolute atomic E-state index is 0.0636. The summed E-state index contributed by atoms with van der Waals surface area (Å²) in [4.78, 5) is 16.3. The first-order chi connectivity index (χ1) is 7.55. The van der Waals surface area contributed by atoms with Crippen molar-refractivity contribution in [3.05, 3.63) is 17.8 Å². The normalized spacial score (nSPS) is 24.1. The first-order valence-corrected chi connectivity index (χ1v) is 5.57. The molecule has 1 aliphatic heterocycles. The molecule has 0 aromatic carbocycles. The molecular formula is C12H17N3O. The maximum absolute atomic E-state index is 12.1. The van der Waals surface area contributed by atoms with Crippen molar-refractivity contribution in [2.45, 2.75) is 27.2 Å². The fourth-order valence-corrected chi connectivity index (χ4v) is 1.72. The van der Waals surface area contributed by atoms with Crippen molar-refractivity contribution in [1.82, 2.24) is 4.98 Å². The second-order valence-corrected chi connectivity index (χ2v) is 4.63. The minimum atomic E-state index is -0.366. The predicted molar refractivity (Wildman–Crippen MR) is 64.5 cm³/mol. The number of fused-ring (bicyclic) bond motifs is 1. The second kappa shape index (κ2) is 3.77. The van der Waals surface area contributed by atoms with Gasteiger partial charge in [-0.3, -0.25) is 4.79 Å². The van der Waals surface area contributed by atoms with E-state index >= 15 is 0 Å². The molecule has 0 saturated heterocycles. The highest BCUT2D eigenvalue weighted by atomic mass is 16.2. The van der Waals surface area contributed by atoms with Crippen LogP contribution in [0.4, 0.5) is 11.5 Å². The maximum Gasteiger partial charge on any atom is 0.232 e. The smallest absolute Gasteiger partial charge is 0.232 e. The Labute approximate surface area is 95.5 Å². The van der Waals surface area contributed by atoms with Crippen LogP contribution in [0.1, 0.15) is 25.8 Å². The zero-order chi connectivity index (χ0) is 11.8. The molecule has 1 aromatic heterocycles. The zero-order valence-electron chi connectivity index (χ0n) is 9.92. The minimum Gasteiger partial charge on any atom is -0.367 e. The Morgan fingerprint density at radius 1 is 1.56 bits per heavy atom. The number of carbonyl (C=O) groups is 1. The van der Waals surface area contributed by atoms with Gasteiger partial charge in [0.2, 0.25) is 5.91 Å². The highest BCUT2D eigenvalue weighted by Crippen LogP contribution is 2.31. The van der Waals surface area contributed by atoms with E-state index in [4.69, 9.17) is 0 Å². The molecule has 1 aliphatic rings. The van der Waals surface area contributed by atoms with Gasteiger partial charge in [0.25, 0.3) is 0 Å². The number of hydrogen-bond donors (Lipinski definition) is 2. The Morgan fingerprint density at radius 2 is 2.31 bits per heavy atom. The summed E-state index contributed by atoms with van der Waals surface area (Å²) in [5.74, 6) is 0.824. The van der Waals surface area contributed by atoms with Crippen molar-refractivity contribution in [2.75, 3.05) is 17.2 Å². The standard InChI is InChI=1S/C12H17N3O/c1-4-12(3)7-14-10-9(15-11(12)16)5-8(2)6-13-10/h5-6H,4,7H2,1-3H3,(H,13,14)(H,15,16). The van der Waals surface area contributed by atoms with Crippen LogP contribution in [-0.2, 0) is 4.79 Å². The Kier molecular flexibility index (Phi) is 2.58. The molecule has 4 heteroatoms. The molecule has 0 bridgehead atoms. The molecule has 2 heterocycles. The van der Waals surface area contributed by atoms with E-state index in [9.17, 15) is 4.79 Å². The van der Waals surface area contributed by atoms with Crippen LogP contribution in [0, 0.1) is 12.3 Å². The summed E-state index contributed by atoms with van der Waals surface area (Å²) >= 11 is 0. The number of nitrogens with one attached hydrogen (secondary N) is 2. The van der Waals surface area contributed by atoms with E-state index in [0.717, 1.165) is 23.5 Å². The first kappa shape index (κ1) is 10.9. The fraction of sp³-hybridized carbons (Fsp3) is 0.500. The van der Waals surface area contributed by atoms with Gasteiger partial charge in [0.1, 0.15) is 5.82 Å². The van der Waals surface area contributed by atoms with E-state index in [1.54, 1.807) is 6.20 Å². The molecule has 1 atom stereocenters. The van der Waals surface area contributed by atoms with E-state index in [1.807, 2.05) is 26.8 Å². The van der Waals surface area contributed by atoms with Gasteiger partial charge >= 0.3 is 0 Å². The first-order valence-electron chi connectivity index (χ1n) is 5.57.